The van der Waals surface area contributed by atoms with Crippen molar-refractivity contribution >= 4 is 29.2 Å². The standard InChI is InChI=1S/C27H25F3N2O5/c1-18-8-12-22(13-9-18)37-23-14-10-20(11-15-23)31-24(33)6-3-7-26(35)36-17-25(34)32-21-5-2-4-19(16-21)27(28,29)30/h2,4-5,8-16H,3,6-7,17H2,1H3,(H,31,33)(H,32,34). The van der Waals surface area contributed by atoms with Gasteiger partial charge in [0.25, 0.3) is 5.91 Å². The fraction of sp³-hybridized carbons (Fsp3) is 0.222. The topological polar surface area (TPSA) is 93.7 Å². The van der Waals surface area contributed by atoms with Crippen LogP contribution in [0.5, 0.6) is 11.5 Å². The van der Waals surface area contributed by atoms with Crippen molar-refractivity contribution in [3.05, 3.63) is 83.9 Å². The summed E-state index contributed by atoms with van der Waals surface area (Å²) in [4.78, 5) is 35.8. The number of halogens is 3. The monoisotopic (exact) mass is 514 g/mol. The predicted molar refractivity (Wildman–Crippen MR) is 131 cm³/mol. The molecule has 3 aromatic carbocycles. The van der Waals surface area contributed by atoms with Gasteiger partial charge in [-0.1, -0.05) is 23.8 Å². The Morgan fingerprint density at radius 1 is 0.784 bits per heavy atom. The van der Waals surface area contributed by atoms with E-state index in [1.807, 2.05) is 31.2 Å². The minimum atomic E-state index is -4.54. The second kappa shape index (κ2) is 12.6. The van der Waals surface area contributed by atoms with E-state index in [9.17, 15) is 27.6 Å². The smallest absolute Gasteiger partial charge is 0.416 e. The molecule has 0 saturated heterocycles. The van der Waals surface area contributed by atoms with Crippen molar-refractivity contribution in [2.45, 2.75) is 32.4 Å². The minimum absolute atomic E-state index is 0.0488. The van der Waals surface area contributed by atoms with Gasteiger partial charge in [0.15, 0.2) is 6.61 Å². The first-order chi connectivity index (χ1) is 17.6. The molecule has 7 nitrogen and oxygen atoms in total. The van der Waals surface area contributed by atoms with Crippen LogP contribution < -0.4 is 15.4 Å². The van der Waals surface area contributed by atoms with Crippen LogP contribution in [0.15, 0.2) is 72.8 Å². The molecule has 0 atom stereocenters. The van der Waals surface area contributed by atoms with E-state index in [2.05, 4.69) is 10.6 Å². The summed E-state index contributed by atoms with van der Waals surface area (Å²) in [6, 6.07) is 18.5. The number of aryl methyl sites for hydroxylation is 1. The molecule has 0 unspecified atom stereocenters. The maximum Gasteiger partial charge on any atom is 0.416 e. The van der Waals surface area contributed by atoms with Crippen molar-refractivity contribution in [2.75, 3.05) is 17.2 Å². The molecule has 0 bridgehead atoms. The number of rotatable bonds is 10. The Hall–Kier alpha value is -4.34. The van der Waals surface area contributed by atoms with E-state index in [4.69, 9.17) is 9.47 Å². The van der Waals surface area contributed by atoms with Gasteiger partial charge in [-0.3, -0.25) is 14.4 Å². The Bertz CT molecular complexity index is 1230. The number of alkyl halides is 3. The minimum Gasteiger partial charge on any atom is -0.457 e. The third-order valence-corrected chi connectivity index (χ3v) is 5.02. The van der Waals surface area contributed by atoms with E-state index in [0.29, 0.717) is 17.2 Å². The molecule has 0 aliphatic rings. The molecule has 194 valence electrons. The largest absolute Gasteiger partial charge is 0.457 e. The van der Waals surface area contributed by atoms with Crippen LogP contribution in [0.3, 0.4) is 0 Å². The molecule has 0 fully saturated rings. The van der Waals surface area contributed by atoms with Crippen molar-refractivity contribution < 1.29 is 37.0 Å². The van der Waals surface area contributed by atoms with Crippen LogP contribution in [-0.4, -0.2) is 24.4 Å². The molecule has 0 aliphatic heterocycles. The molecule has 0 aliphatic carbocycles. The van der Waals surface area contributed by atoms with Crippen LogP contribution in [0.4, 0.5) is 24.5 Å². The van der Waals surface area contributed by atoms with Crippen molar-refractivity contribution in [1.29, 1.82) is 0 Å². The van der Waals surface area contributed by atoms with Gasteiger partial charge < -0.3 is 20.1 Å². The number of carbonyl (C=O) groups is 3. The highest BCUT2D eigenvalue weighted by Gasteiger charge is 2.30. The van der Waals surface area contributed by atoms with E-state index in [1.165, 1.54) is 6.07 Å². The average Bonchev–Trinajstić information content (AvgIpc) is 2.85. The zero-order valence-electron chi connectivity index (χ0n) is 19.9. The number of benzene rings is 3. The van der Waals surface area contributed by atoms with E-state index in [0.717, 1.165) is 23.8 Å². The summed E-state index contributed by atoms with van der Waals surface area (Å²) in [7, 11) is 0. The molecular weight excluding hydrogens is 489 g/mol. The molecule has 0 radical (unpaired) electrons. The van der Waals surface area contributed by atoms with Crippen molar-refractivity contribution in [2.24, 2.45) is 0 Å². The number of ether oxygens (including phenoxy) is 2. The average molecular weight is 515 g/mol. The van der Waals surface area contributed by atoms with Gasteiger partial charge in [-0.15, -0.1) is 0 Å². The van der Waals surface area contributed by atoms with Gasteiger partial charge >= 0.3 is 12.1 Å². The van der Waals surface area contributed by atoms with Gasteiger partial charge in [0, 0.05) is 24.2 Å². The van der Waals surface area contributed by atoms with Gasteiger partial charge in [0.05, 0.1) is 5.56 Å². The number of carbonyl (C=O) groups excluding carboxylic acids is 3. The molecule has 2 N–H and O–H groups in total. The third-order valence-electron chi connectivity index (χ3n) is 5.02. The summed E-state index contributed by atoms with van der Waals surface area (Å²) in [5.41, 5.74) is 0.711. The molecule has 10 heteroatoms. The molecule has 0 aromatic heterocycles. The Morgan fingerprint density at radius 3 is 2.05 bits per heavy atom. The zero-order chi connectivity index (χ0) is 26.8. The Labute approximate surface area is 211 Å². The summed E-state index contributed by atoms with van der Waals surface area (Å²) in [6.07, 6.45) is -4.41. The predicted octanol–water partition coefficient (Wildman–Crippen LogP) is 6.10. The van der Waals surface area contributed by atoms with Crippen LogP contribution in [-0.2, 0) is 25.3 Å². The third kappa shape index (κ3) is 9.32. The lowest BCUT2D eigenvalue weighted by molar-refractivity contribution is -0.147. The van der Waals surface area contributed by atoms with Crippen LogP contribution in [0.25, 0.3) is 0 Å². The van der Waals surface area contributed by atoms with Crippen LogP contribution in [0.1, 0.15) is 30.4 Å². The Balaban J connectivity index is 1.33. The Morgan fingerprint density at radius 2 is 1.41 bits per heavy atom. The van der Waals surface area contributed by atoms with Gasteiger partial charge in [-0.2, -0.15) is 13.2 Å². The number of esters is 1. The number of anilines is 2. The van der Waals surface area contributed by atoms with E-state index < -0.39 is 30.2 Å². The summed E-state index contributed by atoms with van der Waals surface area (Å²) < 4.78 is 48.8. The van der Waals surface area contributed by atoms with Gasteiger partial charge in [0.1, 0.15) is 11.5 Å². The van der Waals surface area contributed by atoms with Crippen molar-refractivity contribution in [3.63, 3.8) is 0 Å². The summed E-state index contributed by atoms with van der Waals surface area (Å²) in [5, 5.41) is 4.96. The summed E-state index contributed by atoms with van der Waals surface area (Å²) in [6.45, 7) is 1.33. The highest BCUT2D eigenvalue weighted by atomic mass is 19.4. The van der Waals surface area contributed by atoms with E-state index >= 15 is 0 Å². The van der Waals surface area contributed by atoms with Gasteiger partial charge in [-0.05, 0) is 67.9 Å². The zero-order valence-corrected chi connectivity index (χ0v) is 19.9. The second-order valence-electron chi connectivity index (χ2n) is 8.13. The molecule has 37 heavy (non-hydrogen) atoms. The van der Waals surface area contributed by atoms with Gasteiger partial charge in [0.2, 0.25) is 5.91 Å². The lowest BCUT2D eigenvalue weighted by Gasteiger charge is -2.10. The van der Waals surface area contributed by atoms with Crippen molar-refractivity contribution in [1.82, 2.24) is 0 Å². The lowest BCUT2D eigenvalue weighted by Crippen LogP contribution is -2.21. The Kier molecular flexibility index (Phi) is 9.26. The van der Waals surface area contributed by atoms with Crippen molar-refractivity contribution in [3.8, 4) is 11.5 Å². The highest BCUT2D eigenvalue weighted by Crippen LogP contribution is 2.30. The molecule has 3 rings (SSSR count). The number of hydrogen-bond acceptors (Lipinski definition) is 5. The van der Waals surface area contributed by atoms with Crippen LogP contribution in [0.2, 0.25) is 0 Å². The summed E-state index contributed by atoms with van der Waals surface area (Å²) in [5.74, 6) is -0.476. The van der Waals surface area contributed by atoms with E-state index in [-0.39, 0.29) is 30.9 Å². The highest BCUT2D eigenvalue weighted by molar-refractivity contribution is 5.93. The van der Waals surface area contributed by atoms with Gasteiger partial charge in [-0.25, -0.2) is 0 Å². The molecule has 3 aromatic rings. The molecule has 0 saturated carbocycles. The number of amides is 2. The molecule has 0 spiro atoms. The lowest BCUT2D eigenvalue weighted by atomic mass is 10.2. The SMILES string of the molecule is Cc1ccc(Oc2ccc(NC(=O)CCCC(=O)OCC(=O)Nc3cccc(C(F)(F)F)c3)cc2)cc1. The number of hydrogen-bond donors (Lipinski definition) is 2. The fourth-order valence-corrected chi connectivity index (χ4v) is 3.15. The maximum absolute atomic E-state index is 12.7. The van der Waals surface area contributed by atoms with E-state index in [1.54, 1.807) is 24.3 Å². The second-order valence-corrected chi connectivity index (χ2v) is 8.13. The van der Waals surface area contributed by atoms with Crippen LogP contribution in [0, 0.1) is 6.92 Å². The van der Waals surface area contributed by atoms with Crippen LogP contribution >= 0.6 is 0 Å². The normalized spacial score (nSPS) is 10.9. The quantitative estimate of drug-likeness (QED) is 0.319. The fourth-order valence-electron chi connectivity index (χ4n) is 3.15. The number of nitrogens with one attached hydrogen (secondary N) is 2. The molecule has 2 amide bonds. The first kappa shape index (κ1) is 27.3. The molecule has 0 heterocycles. The molecular formula is C27H25F3N2O5. The summed E-state index contributed by atoms with van der Waals surface area (Å²) >= 11 is 0. The first-order valence-corrected chi connectivity index (χ1v) is 11.4. The first-order valence-electron chi connectivity index (χ1n) is 11.4. The maximum atomic E-state index is 12.7.